The molecule has 0 unspecified atom stereocenters. The maximum Gasteiger partial charge on any atom is 0.221 e. The first-order valence-electron chi connectivity index (χ1n) is 8.28. The largest absolute Gasteiger partial charge is 0.495 e. The molecular weight excluding hydrogens is 346 g/mol. The number of rotatable bonds is 4. The zero-order valence-electron chi connectivity index (χ0n) is 15.1. The summed E-state index contributed by atoms with van der Waals surface area (Å²) in [5.41, 5.74) is 2.75. The average molecular weight is 369 g/mol. The predicted molar refractivity (Wildman–Crippen MR) is 110 cm³/mol. The fraction of sp³-hybridized carbons (Fsp3) is 0.200. The topological polar surface area (TPSA) is 63.2 Å². The number of hydrogen-bond donors (Lipinski definition) is 3. The molecule has 0 aliphatic heterocycles. The summed E-state index contributed by atoms with van der Waals surface area (Å²) in [5.74, 6) is 0.728. The van der Waals surface area contributed by atoms with Crippen LogP contribution in [0.25, 0.3) is 10.9 Å². The van der Waals surface area contributed by atoms with Gasteiger partial charge in [-0.05, 0) is 31.2 Å². The summed E-state index contributed by atoms with van der Waals surface area (Å²) in [6.45, 7) is 4.39. The Morgan fingerprint density at radius 3 is 2.54 bits per heavy atom. The van der Waals surface area contributed by atoms with Gasteiger partial charge in [0.2, 0.25) is 5.91 Å². The van der Waals surface area contributed by atoms with Crippen molar-refractivity contribution in [1.29, 1.82) is 0 Å². The Labute approximate surface area is 159 Å². The Morgan fingerprint density at radius 1 is 1.19 bits per heavy atom. The van der Waals surface area contributed by atoms with Crippen molar-refractivity contribution in [2.75, 3.05) is 24.3 Å². The highest BCUT2D eigenvalue weighted by Gasteiger charge is 2.10. The van der Waals surface area contributed by atoms with E-state index in [-0.39, 0.29) is 5.91 Å². The molecular formula is C20H23N3O2S. The number of amides is 1. The molecule has 0 bridgehead atoms. The Balaban J connectivity index is 0.000000209. The molecule has 0 saturated carbocycles. The number of thiol groups is 1. The van der Waals surface area contributed by atoms with Crippen LogP contribution in [0.2, 0.25) is 0 Å². The van der Waals surface area contributed by atoms with E-state index in [1.54, 1.807) is 13.3 Å². The van der Waals surface area contributed by atoms with Crippen molar-refractivity contribution in [3.8, 4) is 5.75 Å². The van der Waals surface area contributed by atoms with Gasteiger partial charge >= 0.3 is 0 Å². The van der Waals surface area contributed by atoms with Gasteiger partial charge in [-0.25, -0.2) is 0 Å². The SMILES string of the molecule is CC(=O)Nc1ccccc1.CCNc1cc(OC)c(S)c2cccnc12. The van der Waals surface area contributed by atoms with Crippen molar-refractivity contribution in [2.24, 2.45) is 0 Å². The summed E-state index contributed by atoms with van der Waals surface area (Å²) in [4.78, 5) is 15.7. The summed E-state index contributed by atoms with van der Waals surface area (Å²) in [7, 11) is 1.65. The molecule has 3 rings (SSSR count). The van der Waals surface area contributed by atoms with Crippen LogP contribution in [0.5, 0.6) is 5.75 Å². The van der Waals surface area contributed by atoms with Crippen molar-refractivity contribution < 1.29 is 9.53 Å². The number of benzene rings is 2. The van der Waals surface area contributed by atoms with Crippen molar-refractivity contribution >= 4 is 40.8 Å². The number of nitrogens with zero attached hydrogens (tertiary/aromatic N) is 1. The first kappa shape index (κ1) is 19.6. The predicted octanol–water partition coefficient (Wildman–Crippen LogP) is 4.61. The maximum atomic E-state index is 10.5. The Kier molecular flexibility index (Phi) is 7.29. The number of aromatic nitrogens is 1. The monoisotopic (exact) mass is 369 g/mol. The quantitative estimate of drug-likeness (QED) is 0.588. The number of ether oxygens (including phenoxy) is 1. The minimum absolute atomic E-state index is 0.0359. The van der Waals surface area contributed by atoms with Crippen molar-refractivity contribution in [3.05, 3.63) is 54.7 Å². The van der Waals surface area contributed by atoms with E-state index in [1.165, 1.54) is 6.92 Å². The van der Waals surface area contributed by atoms with E-state index in [1.807, 2.05) is 48.5 Å². The van der Waals surface area contributed by atoms with Gasteiger partial charge in [0, 0.05) is 36.8 Å². The molecule has 5 nitrogen and oxygen atoms in total. The first-order valence-corrected chi connectivity index (χ1v) is 8.72. The molecule has 6 heteroatoms. The van der Waals surface area contributed by atoms with Crippen LogP contribution in [0.1, 0.15) is 13.8 Å². The normalized spacial score (nSPS) is 9.85. The number of fused-ring (bicyclic) bond motifs is 1. The van der Waals surface area contributed by atoms with Crippen molar-refractivity contribution in [2.45, 2.75) is 18.7 Å². The molecule has 3 aromatic rings. The third kappa shape index (κ3) is 5.13. The standard InChI is InChI=1S/C12H14N2OS.C8H9NO/c1-3-13-9-7-10(15-2)12(16)8-5-4-6-14-11(8)9;1-7(10)9-8-5-3-2-4-6-8/h4-7,13,16H,3H2,1-2H3;2-6H,1H3,(H,9,10). The molecule has 0 fully saturated rings. The fourth-order valence-corrected chi connectivity index (χ4v) is 2.75. The van der Waals surface area contributed by atoms with Crippen LogP contribution in [0.3, 0.4) is 0 Å². The molecule has 0 saturated heterocycles. The minimum atomic E-state index is -0.0359. The zero-order valence-corrected chi connectivity index (χ0v) is 16.0. The number of pyridine rings is 1. The molecule has 0 aliphatic carbocycles. The molecule has 0 spiro atoms. The highest BCUT2D eigenvalue weighted by Crippen LogP contribution is 2.35. The smallest absolute Gasteiger partial charge is 0.221 e. The average Bonchev–Trinajstić information content (AvgIpc) is 2.65. The number of carbonyl (C=O) groups excluding carboxylic acids is 1. The second-order valence-electron chi connectivity index (χ2n) is 5.45. The Bertz CT molecular complexity index is 870. The zero-order chi connectivity index (χ0) is 18.9. The van der Waals surface area contributed by atoms with Gasteiger partial charge in [0.1, 0.15) is 5.75 Å². The van der Waals surface area contributed by atoms with Gasteiger partial charge in [-0.2, -0.15) is 0 Å². The molecule has 0 atom stereocenters. The van der Waals surface area contributed by atoms with Crippen molar-refractivity contribution in [1.82, 2.24) is 4.98 Å². The third-order valence-corrected chi connectivity index (χ3v) is 3.97. The van der Waals surface area contributed by atoms with Gasteiger partial charge in [0.15, 0.2) is 0 Å². The first-order chi connectivity index (χ1) is 12.6. The number of hydrogen-bond acceptors (Lipinski definition) is 5. The third-order valence-electron chi connectivity index (χ3n) is 3.51. The Morgan fingerprint density at radius 2 is 1.92 bits per heavy atom. The van der Waals surface area contributed by atoms with Crippen LogP contribution in [-0.4, -0.2) is 24.5 Å². The van der Waals surface area contributed by atoms with E-state index in [0.717, 1.165) is 39.5 Å². The van der Waals surface area contributed by atoms with Crippen LogP contribution in [-0.2, 0) is 4.79 Å². The highest BCUT2D eigenvalue weighted by molar-refractivity contribution is 7.80. The van der Waals surface area contributed by atoms with Crippen LogP contribution in [0, 0.1) is 0 Å². The Hall–Kier alpha value is -2.73. The van der Waals surface area contributed by atoms with Gasteiger partial charge in [-0.3, -0.25) is 9.78 Å². The van der Waals surface area contributed by atoms with E-state index >= 15 is 0 Å². The second-order valence-corrected chi connectivity index (χ2v) is 5.90. The van der Waals surface area contributed by atoms with Gasteiger partial charge in [-0.15, -0.1) is 12.6 Å². The van der Waals surface area contributed by atoms with E-state index in [0.29, 0.717) is 0 Å². The highest BCUT2D eigenvalue weighted by atomic mass is 32.1. The van der Waals surface area contributed by atoms with Crippen LogP contribution < -0.4 is 15.4 Å². The molecule has 2 aromatic carbocycles. The number of nitrogens with one attached hydrogen (secondary N) is 2. The fourth-order valence-electron chi connectivity index (χ4n) is 2.42. The lowest BCUT2D eigenvalue weighted by Gasteiger charge is -2.12. The van der Waals surface area contributed by atoms with E-state index in [9.17, 15) is 4.79 Å². The summed E-state index contributed by atoms with van der Waals surface area (Å²) in [6.07, 6.45) is 1.78. The van der Waals surface area contributed by atoms with Crippen LogP contribution in [0.4, 0.5) is 11.4 Å². The summed E-state index contributed by atoms with van der Waals surface area (Å²) in [6, 6.07) is 15.2. The summed E-state index contributed by atoms with van der Waals surface area (Å²) in [5, 5.41) is 6.94. The number of methoxy groups -OCH3 is 1. The molecule has 2 N–H and O–H groups in total. The van der Waals surface area contributed by atoms with Gasteiger partial charge < -0.3 is 15.4 Å². The number of para-hydroxylation sites is 1. The molecule has 1 aromatic heterocycles. The maximum absolute atomic E-state index is 10.5. The van der Waals surface area contributed by atoms with Crippen LogP contribution in [0.15, 0.2) is 59.6 Å². The molecule has 0 aliphatic rings. The van der Waals surface area contributed by atoms with Gasteiger partial charge in [0.25, 0.3) is 0 Å². The van der Waals surface area contributed by atoms with Gasteiger partial charge in [-0.1, -0.05) is 18.2 Å². The lowest BCUT2D eigenvalue weighted by atomic mass is 10.1. The summed E-state index contributed by atoms with van der Waals surface area (Å²) < 4.78 is 5.30. The second kappa shape index (κ2) is 9.68. The molecule has 26 heavy (non-hydrogen) atoms. The van der Waals surface area contributed by atoms with E-state index < -0.39 is 0 Å². The molecule has 0 radical (unpaired) electrons. The molecule has 1 heterocycles. The minimum Gasteiger partial charge on any atom is -0.495 e. The number of carbonyl (C=O) groups is 1. The molecule has 1 amide bonds. The lowest BCUT2D eigenvalue weighted by molar-refractivity contribution is -0.114. The number of anilines is 2. The van der Waals surface area contributed by atoms with Gasteiger partial charge in [0.05, 0.1) is 23.2 Å². The lowest BCUT2D eigenvalue weighted by Crippen LogP contribution is -2.04. The summed E-state index contributed by atoms with van der Waals surface area (Å²) >= 11 is 4.47. The van der Waals surface area contributed by atoms with Crippen LogP contribution >= 0.6 is 12.6 Å². The molecule has 136 valence electrons. The van der Waals surface area contributed by atoms with Crippen molar-refractivity contribution in [3.63, 3.8) is 0 Å². The van der Waals surface area contributed by atoms with E-state index in [2.05, 4.69) is 35.2 Å². The van der Waals surface area contributed by atoms with E-state index in [4.69, 9.17) is 4.74 Å².